The first-order chi connectivity index (χ1) is 14.7. The molecular formula is C20H26N4O6S. The average Bonchev–Trinajstić information content (AvgIpc) is 2.77. The minimum Gasteiger partial charge on any atom is -0.493 e. The average molecular weight is 451 g/mol. The number of benzene rings is 2. The zero-order chi connectivity index (χ0) is 23.2. The Labute approximate surface area is 181 Å². The van der Waals surface area contributed by atoms with Crippen molar-refractivity contribution >= 4 is 27.1 Å². The van der Waals surface area contributed by atoms with Crippen molar-refractivity contribution in [2.75, 3.05) is 32.7 Å². The van der Waals surface area contributed by atoms with Crippen LogP contribution in [0.1, 0.15) is 26.3 Å². The van der Waals surface area contributed by atoms with Gasteiger partial charge in [0.15, 0.2) is 11.5 Å². The van der Waals surface area contributed by atoms with Crippen molar-refractivity contribution in [3.05, 3.63) is 52.1 Å². The SMILES string of the molecule is CCN(CC)S(=O)(=O)c1cc([N+](=O)[O-])ccc1N/N=C(\C)c1ccc(OC)c(OC)c1. The van der Waals surface area contributed by atoms with Crippen molar-refractivity contribution in [2.24, 2.45) is 5.10 Å². The summed E-state index contributed by atoms with van der Waals surface area (Å²) in [7, 11) is -0.904. The lowest BCUT2D eigenvalue weighted by atomic mass is 10.1. The molecule has 0 heterocycles. The molecule has 0 amide bonds. The number of non-ortho nitro benzene ring substituents is 1. The molecule has 0 radical (unpaired) electrons. The van der Waals surface area contributed by atoms with E-state index in [1.807, 2.05) is 0 Å². The first kappa shape index (κ1) is 24.1. The highest BCUT2D eigenvalue weighted by Crippen LogP contribution is 2.30. The van der Waals surface area contributed by atoms with Crippen LogP contribution >= 0.6 is 0 Å². The fourth-order valence-electron chi connectivity index (χ4n) is 2.90. The predicted molar refractivity (Wildman–Crippen MR) is 119 cm³/mol. The van der Waals surface area contributed by atoms with Gasteiger partial charge >= 0.3 is 0 Å². The van der Waals surface area contributed by atoms with Crippen molar-refractivity contribution in [1.29, 1.82) is 0 Å². The second-order valence-electron chi connectivity index (χ2n) is 6.41. The van der Waals surface area contributed by atoms with Crippen LogP contribution in [0.15, 0.2) is 46.4 Å². The predicted octanol–water partition coefficient (Wildman–Crippen LogP) is 3.48. The maximum Gasteiger partial charge on any atom is 0.270 e. The van der Waals surface area contributed by atoms with Crippen LogP contribution < -0.4 is 14.9 Å². The number of ether oxygens (including phenoxy) is 2. The summed E-state index contributed by atoms with van der Waals surface area (Å²) in [5.41, 5.74) is 3.82. The van der Waals surface area contributed by atoms with Crippen molar-refractivity contribution in [2.45, 2.75) is 25.7 Å². The standard InChI is InChI=1S/C20H26N4O6S/c1-6-23(7-2)31(27,28)20-13-16(24(25)26)9-10-17(20)22-21-14(3)15-8-11-18(29-4)19(12-15)30-5/h8-13,22H,6-7H2,1-5H3/b21-14+. The molecule has 0 spiro atoms. The van der Waals surface area contributed by atoms with Gasteiger partial charge in [-0.05, 0) is 31.2 Å². The summed E-state index contributed by atoms with van der Waals surface area (Å²) >= 11 is 0. The van der Waals surface area contributed by atoms with Crippen LogP contribution in [-0.4, -0.2) is 50.7 Å². The summed E-state index contributed by atoms with van der Waals surface area (Å²) in [4.78, 5) is 10.3. The first-order valence-corrected chi connectivity index (χ1v) is 10.9. The number of hydrogen-bond acceptors (Lipinski definition) is 8. The minimum absolute atomic E-state index is 0.136. The highest BCUT2D eigenvalue weighted by molar-refractivity contribution is 7.89. The number of anilines is 1. The van der Waals surface area contributed by atoms with Gasteiger partial charge in [0.05, 0.1) is 30.5 Å². The topological polar surface area (TPSA) is 123 Å². The van der Waals surface area contributed by atoms with Crippen molar-refractivity contribution < 1.29 is 22.8 Å². The molecule has 0 atom stereocenters. The van der Waals surface area contributed by atoms with Crippen molar-refractivity contribution in [1.82, 2.24) is 4.31 Å². The molecule has 10 nitrogen and oxygen atoms in total. The van der Waals surface area contributed by atoms with E-state index in [1.165, 1.54) is 30.7 Å². The van der Waals surface area contributed by atoms with E-state index < -0.39 is 14.9 Å². The molecule has 0 unspecified atom stereocenters. The Hall–Kier alpha value is -3.18. The number of nitrogens with one attached hydrogen (secondary N) is 1. The second-order valence-corrected chi connectivity index (χ2v) is 8.31. The Balaban J connectivity index is 2.48. The van der Waals surface area contributed by atoms with Gasteiger partial charge in [-0.1, -0.05) is 13.8 Å². The van der Waals surface area contributed by atoms with E-state index in [2.05, 4.69) is 10.5 Å². The smallest absolute Gasteiger partial charge is 0.270 e. The molecule has 0 saturated carbocycles. The minimum atomic E-state index is -3.96. The maximum absolute atomic E-state index is 13.0. The van der Waals surface area contributed by atoms with Crippen LogP contribution in [0, 0.1) is 10.1 Å². The molecule has 1 N–H and O–H groups in total. The highest BCUT2D eigenvalue weighted by atomic mass is 32.2. The molecule has 168 valence electrons. The highest BCUT2D eigenvalue weighted by Gasteiger charge is 2.27. The van der Waals surface area contributed by atoms with Crippen LogP contribution in [-0.2, 0) is 10.0 Å². The van der Waals surface area contributed by atoms with Crippen LogP contribution in [0.3, 0.4) is 0 Å². The quantitative estimate of drug-likeness (QED) is 0.334. The molecule has 0 saturated heterocycles. The number of rotatable bonds is 10. The lowest BCUT2D eigenvalue weighted by Gasteiger charge is -2.20. The normalized spacial score (nSPS) is 12.0. The maximum atomic E-state index is 13.0. The lowest BCUT2D eigenvalue weighted by Crippen LogP contribution is -2.31. The number of hydrazone groups is 1. The Morgan fingerprint density at radius 1 is 1.10 bits per heavy atom. The summed E-state index contributed by atoms with van der Waals surface area (Å²) in [6.45, 7) is 5.59. The molecular weight excluding hydrogens is 424 g/mol. The molecule has 0 fully saturated rings. The molecule has 2 rings (SSSR count). The molecule has 0 aromatic heterocycles. The monoisotopic (exact) mass is 450 g/mol. The molecule has 0 aliphatic rings. The van der Waals surface area contributed by atoms with E-state index >= 15 is 0 Å². The van der Waals surface area contributed by atoms with Gasteiger partial charge in [0.2, 0.25) is 10.0 Å². The number of nitro groups is 1. The number of nitrogens with zero attached hydrogens (tertiary/aromatic N) is 3. The summed E-state index contributed by atoms with van der Waals surface area (Å²) in [6.07, 6.45) is 0. The van der Waals surface area contributed by atoms with E-state index in [0.717, 1.165) is 11.6 Å². The molecule has 11 heteroatoms. The van der Waals surface area contributed by atoms with E-state index in [4.69, 9.17) is 9.47 Å². The Morgan fingerprint density at radius 3 is 2.29 bits per heavy atom. The van der Waals surface area contributed by atoms with Gasteiger partial charge in [-0.3, -0.25) is 15.5 Å². The van der Waals surface area contributed by atoms with E-state index in [0.29, 0.717) is 17.2 Å². The van der Waals surface area contributed by atoms with Crippen LogP contribution in [0.5, 0.6) is 11.5 Å². The number of sulfonamides is 1. The fourth-order valence-corrected chi connectivity index (χ4v) is 4.52. The molecule has 0 bridgehead atoms. The van der Waals surface area contributed by atoms with Gasteiger partial charge in [-0.2, -0.15) is 9.41 Å². The molecule has 2 aromatic rings. The zero-order valence-electron chi connectivity index (χ0n) is 18.1. The fraction of sp³-hybridized carbons (Fsp3) is 0.350. The van der Waals surface area contributed by atoms with Gasteiger partial charge in [-0.25, -0.2) is 8.42 Å². The zero-order valence-corrected chi connectivity index (χ0v) is 18.9. The lowest BCUT2D eigenvalue weighted by molar-refractivity contribution is -0.385. The largest absolute Gasteiger partial charge is 0.493 e. The molecule has 0 aliphatic heterocycles. The number of hydrogen-bond donors (Lipinski definition) is 1. The van der Waals surface area contributed by atoms with E-state index in [-0.39, 0.29) is 29.4 Å². The van der Waals surface area contributed by atoms with E-state index in [9.17, 15) is 18.5 Å². The summed E-state index contributed by atoms with van der Waals surface area (Å²) < 4.78 is 37.8. The van der Waals surface area contributed by atoms with Crippen molar-refractivity contribution in [3.63, 3.8) is 0 Å². The summed E-state index contributed by atoms with van der Waals surface area (Å²) in [6, 6.07) is 8.85. The van der Waals surface area contributed by atoms with Gasteiger partial charge in [0.25, 0.3) is 5.69 Å². The van der Waals surface area contributed by atoms with Crippen LogP contribution in [0.2, 0.25) is 0 Å². The summed E-state index contributed by atoms with van der Waals surface area (Å²) in [5, 5.41) is 15.5. The third kappa shape index (κ3) is 5.30. The molecule has 0 aliphatic carbocycles. The first-order valence-electron chi connectivity index (χ1n) is 9.50. The van der Waals surface area contributed by atoms with Crippen LogP contribution in [0.25, 0.3) is 0 Å². The summed E-state index contributed by atoms with van der Waals surface area (Å²) in [5.74, 6) is 1.09. The third-order valence-electron chi connectivity index (χ3n) is 4.64. The second kappa shape index (κ2) is 10.2. The van der Waals surface area contributed by atoms with Gasteiger partial charge in [0.1, 0.15) is 4.90 Å². The third-order valence-corrected chi connectivity index (χ3v) is 6.73. The number of nitro benzene ring substituents is 1. The Morgan fingerprint density at radius 2 is 1.74 bits per heavy atom. The van der Waals surface area contributed by atoms with Crippen LogP contribution in [0.4, 0.5) is 11.4 Å². The molecule has 2 aromatic carbocycles. The van der Waals surface area contributed by atoms with Crippen molar-refractivity contribution in [3.8, 4) is 11.5 Å². The number of methoxy groups -OCH3 is 2. The Kier molecular flexibility index (Phi) is 7.95. The van der Waals surface area contributed by atoms with Gasteiger partial charge < -0.3 is 9.47 Å². The molecule has 31 heavy (non-hydrogen) atoms. The van der Waals surface area contributed by atoms with E-state index in [1.54, 1.807) is 39.0 Å². The van der Waals surface area contributed by atoms with Gasteiger partial charge in [-0.15, -0.1) is 0 Å². The van der Waals surface area contributed by atoms with Gasteiger partial charge in [0, 0.05) is 30.8 Å². The Bertz CT molecular complexity index is 1080.